The smallest absolute Gasteiger partial charge is 0.415 e. The monoisotopic (exact) mass is 527 g/mol. The number of nitrogens with zero attached hydrogens (tertiary/aromatic N) is 1. The molecule has 1 atom stereocenters. The fraction of sp³-hybridized carbons (Fsp3) is 0.548. The van der Waals surface area contributed by atoms with Crippen LogP contribution in [0.4, 0.5) is 4.79 Å². The lowest BCUT2D eigenvalue weighted by Crippen LogP contribution is -2.37. The van der Waals surface area contributed by atoms with Crippen molar-refractivity contribution < 1.29 is 28.9 Å². The highest BCUT2D eigenvalue weighted by atomic mass is 16.6. The third-order valence-corrected chi connectivity index (χ3v) is 6.41. The summed E-state index contributed by atoms with van der Waals surface area (Å²) < 4.78 is 16.9. The SMILES string of the molecule is CCCCCCCCN(CCOc1ccc(CC(OCC)C(=O)O)cc1)C(=O)Oc1ccc(C(C)C)cc1. The van der Waals surface area contributed by atoms with E-state index in [1.807, 2.05) is 48.5 Å². The lowest BCUT2D eigenvalue weighted by Gasteiger charge is -2.22. The molecule has 7 heteroatoms. The molecule has 1 amide bonds. The third-order valence-electron chi connectivity index (χ3n) is 6.41. The molecule has 2 aromatic carbocycles. The molecule has 0 saturated heterocycles. The first kappa shape index (κ1) is 31.2. The average Bonchev–Trinajstić information content (AvgIpc) is 2.90. The van der Waals surface area contributed by atoms with E-state index in [9.17, 15) is 14.7 Å². The third kappa shape index (κ3) is 11.5. The predicted molar refractivity (Wildman–Crippen MR) is 150 cm³/mol. The molecular formula is C31H45NO6. The molecule has 0 aliphatic carbocycles. The zero-order valence-electron chi connectivity index (χ0n) is 23.5. The molecule has 0 aliphatic rings. The summed E-state index contributed by atoms with van der Waals surface area (Å²) in [4.78, 5) is 26.0. The topological polar surface area (TPSA) is 85.3 Å². The standard InChI is InChI=1S/C31H45NO6/c1-5-7-8-9-10-11-20-32(31(35)38-28-18-14-26(15-19-28)24(3)4)21-22-37-27-16-12-25(13-17-27)23-29(30(33)34)36-6-2/h12-19,24,29H,5-11,20-23H2,1-4H3,(H,33,34). The summed E-state index contributed by atoms with van der Waals surface area (Å²) in [6, 6.07) is 15.0. The fourth-order valence-electron chi connectivity index (χ4n) is 4.09. The van der Waals surface area contributed by atoms with Gasteiger partial charge in [0.25, 0.3) is 0 Å². The fourth-order valence-corrected chi connectivity index (χ4v) is 4.09. The summed E-state index contributed by atoms with van der Waals surface area (Å²) in [7, 11) is 0. The second kappa shape index (κ2) is 17.4. The van der Waals surface area contributed by atoms with Gasteiger partial charge in [0.15, 0.2) is 6.10 Å². The van der Waals surface area contributed by atoms with Crippen molar-refractivity contribution in [2.45, 2.75) is 84.7 Å². The summed E-state index contributed by atoms with van der Waals surface area (Å²) in [5.74, 6) is 0.642. The van der Waals surface area contributed by atoms with E-state index in [1.54, 1.807) is 11.8 Å². The highest BCUT2D eigenvalue weighted by Gasteiger charge is 2.18. The predicted octanol–water partition coefficient (Wildman–Crippen LogP) is 7.08. The van der Waals surface area contributed by atoms with Gasteiger partial charge in [-0.1, -0.05) is 77.1 Å². The van der Waals surface area contributed by atoms with Crippen LogP contribution in [0, 0.1) is 0 Å². The van der Waals surface area contributed by atoms with Gasteiger partial charge in [-0.2, -0.15) is 0 Å². The van der Waals surface area contributed by atoms with Crippen LogP contribution in [0.25, 0.3) is 0 Å². The molecule has 210 valence electrons. The summed E-state index contributed by atoms with van der Waals surface area (Å²) in [5, 5.41) is 9.28. The highest BCUT2D eigenvalue weighted by molar-refractivity contribution is 5.72. The van der Waals surface area contributed by atoms with Crippen LogP contribution in [0.15, 0.2) is 48.5 Å². The Morgan fingerprint density at radius 2 is 1.47 bits per heavy atom. The number of carboxylic acid groups (broad SMARTS) is 1. The first-order chi connectivity index (χ1) is 18.3. The average molecular weight is 528 g/mol. The molecule has 1 N–H and O–H groups in total. The van der Waals surface area contributed by atoms with Crippen LogP contribution in [0.3, 0.4) is 0 Å². The minimum atomic E-state index is -0.972. The van der Waals surface area contributed by atoms with E-state index in [4.69, 9.17) is 14.2 Å². The first-order valence-corrected chi connectivity index (χ1v) is 14.0. The van der Waals surface area contributed by atoms with E-state index in [0.29, 0.717) is 50.1 Å². The van der Waals surface area contributed by atoms with Gasteiger partial charge < -0.3 is 24.2 Å². The molecule has 0 aliphatic heterocycles. The van der Waals surface area contributed by atoms with E-state index < -0.39 is 12.1 Å². The Labute approximate surface area is 228 Å². The maximum Gasteiger partial charge on any atom is 0.415 e. The highest BCUT2D eigenvalue weighted by Crippen LogP contribution is 2.20. The van der Waals surface area contributed by atoms with Crippen LogP contribution in [0.1, 0.15) is 83.3 Å². The van der Waals surface area contributed by atoms with E-state index in [0.717, 1.165) is 18.4 Å². The number of amides is 1. The van der Waals surface area contributed by atoms with Crippen LogP contribution in [-0.2, 0) is 16.0 Å². The van der Waals surface area contributed by atoms with E-state index in [-0.39, 0.29) is 6.09 Å². The number of hydrogen-bond donors (Lipinski definition) is 1. The summed E-state index contributed by atoms with van der Waals surface area (Å²) >= 11 is 0. The van der Waals surface area contributed by atoms with Gasteiger partial charge in [-0.25, -0.2) is 9.59 Å². The van der Waals surface area contributed by atoms with Crippen LogP contribution in [-0.4, -0.2) is 54.5 Å². The van der Waals surface area contributed by atoms with Crippen molar-refractivity contribution in [3.8, 4) is 11.5 Å². The quantitative estimate of drug-likeness (QED) is 0.208. The van der Waals surface area contributed by atoms with Crippen molar-refractivity contribution in [3.63, 3.8) is 0 Å². The van der Waals surface area contributed by atoms with Gasteiger partial charge in [0.05, 0.1) is 6.54 Å². The number of carbonyl (C=O) groups is 2. The van der Waals surface area contributed by atoms with Crippen LogP contribution >= 0.6 is 0 Å². The molecule has 2 rings (SSSR count). The number of unbranched alkanes of at least 4 members (excludes halogenated alkanes) is 5. The van der Waals surface area contributed by atoms with Crippen molar-refractivity contribution in [1.29, 1.82) is 0 Å². The molecule has 0 spiro atoms. The minimum absolute atomic E-state index is 0.291. The number of rotatable bonds is 18. The summed E-state index contributed by atoms with van der Waals surface area (Å²) in [6.07, 6.45) is 5.90. The molecule has 0 aromatic heterocycles. The summed E-state index contributed by atoms with van der Waals surface area (Å²) in [6.45, 7) is 9.94. The normalized spacial score (nSPS) is 11.8. The summed E-state index contributed by atoms with van der Waals surface area (Å²) in [5.41, 5.74) is 2.06. The number of carboxylic acids is 1. The maximum absolute atomic E-state index is 13.0. The number of carbonyl (C=O) groups excluding carboxylic acids is 1. The molecule has 0 bridgehead atoms. The number of ether oxygens (including phenoxy) is 3. The van der Waals surface area contributed by atoms with Crippen molar-refractivity contribution in [3.05, 3.63) is 59.7 Å². The molecular weight excluding hydrogens is 482 g/mol. The van der Waals surface area contributed by atoms with Gasteiger partial charge >= 0.3 is 12.1 Å². The van der Waals surface area contributed by atoms with Gasteiger partial charge in [-0.15, -0.1) is 0 Å². The van der Waals surface area contributed by atoms with Crippen LogP contribution in [0.2, 0.25) is 0 Å². The zero-order valence-corrected chi connectivity index (χ0v) is 23.5. The van der Waals surface area contributed by atoms with Crippen LogP contribution in [0.5, 0.6) is 11.5 Å². The molecule has 0 heterocycles. The van der Waals surface area contributed by atoms with E-state index in [2.05, 4.69) is 20.8 Å². The van der Waals surface area contributed by atoms with Crippen LogP contribution < -0.4 is 9.47 Å². The van der Waals surface area contributed by atoms with Gasteiger partial charge in [0, 0.05) is 19.6 Å². The Hall–Kier alpha value is -3.06. The lowest BCUT2D eigenvalue weighted by molar-refractivity contribution is -0.149. The number of benzene rings is 2. The lowest BCUT2D eigenvalue weighted by atomic mass is 10.0. The van der Waals surface area contributed by atoms with E-state index >= 15 is 0 Å². The molecule has 2 aromatic rings. The van der Waals surface area contributed by atoms with Crippen molar-refractivity contribution >= 4 is 12.1 Å². The maximum atomic E-state index is 13.0. The van der Waals surface area contributed by atoms with Gasteiger partial charge in [0.1, 0.15) is 18.1 Å². The molecule has 0 fully saturated rings. The largest absolute Gasteiger partial charge is 0.492 e. The molecule has 0 radical (unpaired) electrons. The second-order valence-electron chi connectivity index (χ2n) is 9.83. The molecule has 38 heavy (non-hydrogen) atoms. The molecule has 0 saturated carbocycles. The number of hydrogen-bond acceptors (Lipinski definition) is 5. The van der Waals surface area contributed by atoms with Crippen molar-refractivity contribution in [1.82, 2.24) is 4.90 Å². The molecule has 1 unspecified atom stereocenters. The second-order valence-corrected chi connectivity index (χ2v) is 9.83. The van der Waals surface area contributed by atoms with Crippen molar-refractivity contribution in [2.75, 3.05) is 26.3 Å². The van der Waals surface area contributed by atoms with Crippen molar-refractivity contribution in [2.24, 2.45) is 0 Å². The Bertz CT molecular complexity index is 942. The Kier molecular flexibility index (Phi) is 14.3. The first-order valence-electron chi connectivity index (χ1n) is 14.0. The number of aliphatic carboxylic acids is 1. The van der Waals surface area contributed by atoms with Gasteiger partial charge in [-0.3, -0.25) is 0 Å². The Morgan fingerprint density at radius 3 is 2.08 bits per heavy atom. The molecule has 7 nitrogen and oxygen atoms in total. The Morgan fingerprint density at radius 1 is 0.842 bits per heavy atom. The zero-order chi connectivity index (χ0) is 27.8. The van der Waals surface area contributed by atoms with Gasteiger partial charge in [0.2, 0.25) is 0 Å². The Balaban J connectivity index is 1.91. The van der Waals surface area contributed by atoms with Gasteiger partial charge in [-0.05, 0) is 54.7 Å². The van der Waals surface area contributed by atoms with E-state index in [1.165, 1.54) is 31.2 Å². The minimum Gasteiger partial charge on any atom is -0.492 e.